The van der Waals surface area contributed by atoms with Gasteiger partial charge in [0.2, 0.25) is 9.87 Å². The highest BCUT2D eigenvalue weighted by Crippen LogP contribution is 2.22. The van der Waals surface area contributed by atoms with Crippen LogP contribution >= 0.6 is 25.3 Å². The van der Waals surface area contributed by atoms with E-state index in [0.717, 1.165) is 0 Å². The van der Waals surface area contributed by atoms with Crippen LogP contribution in [0.15, 0.2) is 0 Å². The third kappa shape index (κ3) is 11.9. The molecule has 0 spiro atoms. The van der Waals surface area contributed by atoms with Gasteiger partial charge in [-0.05, 0) is 55.4 Å². The molecule has 4 nitrogen and oxygen atoms in total. The first-order valence-electron chi connectivity index (χ1n) is 6.35. The molecule has 0 N–H and O–H groups in total. The van der Waals surface area contributed by atoms with Crippen LogP contribution in [0.3, 0.4) is 0 Å². The fourth-order valence-corrected chi connectivity index (χ4v) is 0.872. The van der Waals surface area contributed by atoms with Crippen LogP contribution in [-0.4, -0.2) is 21.1 Å². The van der Waals surface area contributed by atoms with E-state index in [2.05, 4.69) is 37.1 Å². The normalized spacial score (nSPS) is 18.7. The van der Waals surface area contributed by atoms with E-state index in [1.54, 1.807) is 13.8 Å². The summed E-state index contributed by atoms with van der Waals surface area (Å²) >= 11 is 8.57. The van der Waals surface area contributed by atoms with Crippen molar-refractivity contribution in [3.05, 3.63) is 0 Å². The number of hydrogen-bond acceptors (Lipinski definition) is 6. The van der Waals surface area contributed by atoms with Crippen LogP contribution in [0.25, 0.3) is 0 Å². The minimum atomic E-state index is -1.08. The molecule has 0 radical (unpaired) electrons. The SMILES string of the molecule is CC(C)(C)OOC(C)(S)C#CC(C)(S)OOC(C)(C)C. The van der Waals surface area contributed by atoms with Crippen molar-refractivity contribution in [2.45, 2.75) is 76.5 Å². The van der Waals surface area contributed by atoms with Crippen molar-refractivity contribution < 1.29 is 19.6 Å². The Kier molecular flexibility index (Phi) is 6.94. The van der Waals surface area contributed by atoms with Crippen LogP contribution in [0, 0.1) is 11.8 Å². The Morgan fingerprint density at radius 1 is 0.550 bits per heavy atom. The van der Waals surface area contributed by atoms with Gasteiger partial charge in [-0.1, -0.05) is 11.8 Å². The average molecular weight is 322 g/mol. The molecule has 0 saturated heterocycles. The maximum absolute atomic E-state index is 5.20. The first-order chi connectivity index (χ1) is 8.62. The zero-order chi connectivity index (χ0) is 16.2. The number of hydrogen-bond donors (Lipinski definition) is 2. The van der Waals surface area contributed by atoms with Gasteiger partial charge < -0.3 is 0 Å². The van der Waals surface area contributed by atoms with E-state index in [1.807, 2.05) is 41.5 Å². The molecule has 0 amide bonds. The first kappa shape index (κ1) is 20.1. The number of rotatable bonds is 4. The molecule has 0 aromatic heterocycles. The molecule has 0 aliphatic heterocycles. The van der Waals surface area contributed by atoms with Gasteiger partial charge in [0.05, 0.1) is 11.2 Å². The summed E-state index contributed by atoms with van der Waals surface area (Å²) in [5, 5.41) is 0. The van der Waals surface area contributed by atoms with E-state index in [1.165, 1.54) is 0 Å². The van der Waals surface area contributed by atoms with E-state index in [0.29, 0.717) is 0 Å². The smallest absolute Gasteiger partial charge is 0.203 e. The zero-order valence-electron chi connectivity index (χ0n) is 13.5. The maximum atomic E-state index is 5.20. The Labute approximate surface area is 133 Å². The molecule has 20 heavy (non-hydrogen) atoms. The molecule has 0 bridgehead atoms. The van der Waals surface area contributed by atoms with E-state index in [4.69, 9.17) is 19.6 Å². The summed E-state index contributed by atoms with van der Waals surface area (Å²) in [4.78, 5) is 18.6. The summed E-state index contributed by atoms with van der Waals surface area (Å²) in [5.74, 6) is 5.59. The van der Waals surface area contributed by atoms with Crippen LogP contribution < -0.4 is 0 Å². The monoisotopic (exact) mass is 322 g/mol. The minimum Gasteiger partial charge on any atom is -0.229 e. The lowest BCUT2D eigenvalue weighted by molar-refractivity contribution is -0.370. The van der Waals surface area contributed by atoms with Crippen molar-refractivity contribution in [3.8, 4) is 11.8 Å². The third-order valence-corrected chi connectivity index (χ3v) is 1.81. The molecule has 118 valence electrons. The summed E-state index contributed by atoms with van der Waals surface area (Å²) in [5.41, 5.74) is -0.885. The summed E-state index contributed by atoms with van der Waals surface area (Å²) in [7, 11) is 0. The molecule has 0 fully saturated rings. The quantitative estimate of drug-likeness (QED) is 0.272. The molecule has 0 aromatic carbocycles. The Hall–Kier alpha value is 0.1000. The highest BCUT2D eigenvalue weighted by molar-refractivity contribution is 7.82. The van der Waals surface area contributed by atoms with Crippen LogP contribution in [0.2, 0.25) is 0 Å². The van der Waals surface area contributed by atoms with Gasteiger partial charge in [0.1, 0.15) is 0 Å². The fourth-order valence-electron chi connectivity index (χ4n) is 0.686. The minimum absolute atomic E-state index is 0.443. The molecular formula is C14H26O4S2. The van der Waals surface area contributed by atoms with Gasteiger partial charge in [0.25, 0.3) is 0 Å². The van der Waals surface area contributed by atoms with Crippen LogP contribution in [0.1, 0.15) is 55.4 Å². The molecule has 0 saturated carbocycles. The molecule has 2 atom stereocenters. The van der Waals surface area contributed by atoms with Gasteiger partial charge in [0, 0.05) is 0 Å². The van der Waals surface area contributed by atoms with Gasteiger partial charge in [-0.2, -0.15) is 0 Å². The van der Waals surface area contributed by atoms with Gasteiger partial charge in [-0.25, -0.2) is 19.6 Å². The lowest BCUT2D eigenvalue weighted by Gasteiger charge is -2.25. The molecule has 0 aromatic rings. The third-order valence-electron chi connectivity index (χ3n) is 1.43. The van der Waals surface area contributed by atoms with Crippen molar-refractivity contribution in [3.63, 3.8) is 0 Å². The van der Waals surface area contributed by atoms with Crippen molar-refractivity contribution in [1.29, 1.82) is 0 Å². The second kappa shape index (κ2) is 6.91. The van der Waals surface area contributed by atoms with Crippen molar-refractivity contribution in [1.82, 2.24) is 0 Å². The molecule has 0 aliphatic rings. The summed E-state index contributed by atoms with van der Waals surface area (Å²) < 4.78 is 0. The average Bonchev–Trinajstić information content (AvgIpc) is 2.20. The van der Waals surface area contributed by atoms with Crippen LogP contribution in [0.5, 0.6) is 0 Å². The summed E-state index contributed by atoms with van der Waals surface area (Å²) in [6, 6.07) is 0. The predicted octanol–water partition coefficient (Wildman–Crippen LogP) is 3.78. The predicted molar refractivity (Wildman–Crippen MR) is 86.4 cm³/mol. The number of thiol groups is 2. The highest BCUT2D eigenvalue weighted by Gasteiger charge is 2.26. The maximum Gasteiger partial charge on any atom is 0.203 e. The molecule has 0 rings (SSSR count). The van der Waals surface area contributed by atoms with E-state index < -0.39 is 21.1 Å². The molecule has 0 aliphatic carbocycles. The second-order valence-corrected chi connectivity index (χ2v) is 8.48. The van der Waals surface area contributed by atoms with Crippen molar-refractivity contribution >= 4 is 25.3 Å². The second-order valence-electron chi connectivity index (χ2n) is 6.77. The fraction of sp³-hybridized carbons (Fsp3) is 0.857. The lowest BCUT2D eigenvalue weighted by Crippen LogP contribution is -2.30. The van der Waals surface area contributed by atoms with E-state index in [9.17, 15) is 0 Å². The summed E-state index contributed by atoms with van der Waals surface area (Å²) in [6.07, 6.45) is 0. The Bertz CT molecular complexity index is 333. The molecular weight excluding hydrogens is 296 g/mol. The van der Waals surface area contributed by atoms with Gasteiger partial charge in [-0.15, -0.1) is 25.3 Å². The Balaban J connectivity index is 4.60. The van der Waals surface area contributed by atoms with Gasteiger partial charge in [0.15, 0.2) is 0 Å². The topological polar surface area (TPSA) is 36.9 Å². The largest absolute Gasteiger partial charge is 0.229 e. The van der Waals surface area contributed by atoms with Crippen molar-refractivity contribution in [2.75, 3.05) is 0 Å². The standard InChI is InChI=1S/C14H26O4S2/c1-11(2,3)15-17-13(7,19)9-10-14(8,20)18-16-12(4,5)6/h19-20H,1-8H3. The molecule has 0 heterocycles. The zero-order valence-corrected chi connectivity index (χ0v) is 15.3. The van der Waals surface area contributed by atoms with Crippen LogP contribution in [-0.2, 0) is 19.6 Å². The lowest BCUT2D eigenvalue weighted by atomic mass is 10.2. The summed E-state index contributed by atoms with van der Waals surface area (Å²) in [6.45, 7) is 14.6. The Morgan fingerprint density at radius 2 is 0.800 bits per heavy atom. The Morgan fingerprint density at radius 3 is 1.00 bits per heavy atom. The molecule has 2 unspecified atom stereocenters. The van der Waals surface area contributed by atoms with E-state index >= 15 is 0 Å². The van der Waals surface area contributed by atoms with Crippen molar-refractivity contribution in [2.24, 2.45) is 0 Å². The molecule has 6 heteroatoms. The van der Waals surface area contributed by atoms with Crippen LogP contribution in [0.4, 0.5) is 0 Å². The highest BCUT2D eigenvalue weighted by atomic mass is 32.1. The van der Waals surface area contributed by atoms with E-state index in [-0.39, 0.29) is 0 Å². The van der Waals surface area contributed by atoms with Gasteiger partial charge in [-0.3, -0.25) is 0 Å². The van der Waals surface area contributed by atoms with Gasteiger partial charge >= 0.3 is 0 Å². The first-order valence-corrected chi connectivity index (χ1v) is 7.24.